The highest BCUT2D eigenvalue weighted by Crippen LogP contribution is 2.19. The summed E-state index contributed by atoms with van der Waals surface area (Å²) in [6, 6.07) is 13.4. The number of benzene rings is 2. The molecule has 2 aromatic rings. The highest BCUT2D eigenvalue weighted by Gasteiger charge is 2.12. The Morgan fingerprint density at radius 2 is 1.85 bits per heavy atom. The van der Waals surface area contributed by atoms with Crippen LogP contribution in [0, 0.1) is 6.92 Å². The Balaban J connectivity index is 2.15. The summed E-state index contributed by atoms with van der Waals surface area (Å²) in [6.07, 6.45) is 2.17. The van der Waals surface area contributed by atoms with Gasteiger partial charge in [0.2, 0.25) is 0 Å². The first-order valence-corrected chi connectivity index (χ1v) is 6.87. The Hall–Kier alpha value is -2.29. The predicted octanol–water partition coefficient (Wildman–Crippen LogP) is 3.78. The number of nitrogens with one attached hydrogen (secondary N) is 1. The molecule has 0 spiro atoms. The number of carbonyl (C=O) groups is 1. The van der Waals surface area contributed by atoms with Crippen LogP contribution in [0.2, 0.25) is 0 Å². The van der Waals surface area contributed by atoms with E-state index in [1.165, 1.54) is 5.56 Å². The van der Waals surface area contributed by atoms with E-state index in [9.17, 15) is 4.79 Å². The van der Waals surface area contributed by atoms with Crippen LogP contribution in [0.3, 0.4) is 0 Å². The van der Waals surface area contributed by atoms with Gasteiger partial charge in [-0.1, -0.05) is 37.6 Å². The SMILES string of the molecule is CCCc1ccc(NC(=O)c2c(C)cccc2N)cc1. The van der Waals surface area contributed by atoms with E-state index >= 15 is 0 Å². The van der Waals surface area contributed by atoms with E-state index in [2.05, 4.69) is 12.2 Å². The quantitative estimate of drug-likeness (QED) is 0.829. The minimum atomic E-state index is -0.163. The van der Waals surface area contributed by atoms with Crippen molar-refractivity contribution in [3.05, 3.63) is 59.2 Å². The zero-order valence-electron chi connectivity index (χ0n) is 11.9. The van der Waals surface area contributed by atoms with E-state index in [0.717, 1.165) is 24.1 Å². The van der Waals surface area contributed by atoms with Crippen LogP contribution in [0.5, 0.6) is 0 Å². The summed E-state index contributed by atoms with van der Waals surface area (Å²) in [7, 11) is 0. The van der Waals surface area contributed by atoms with Crippen LogP contribution in [-0.2, 0) is 6.42 Å². The molecule has 0 aromatic heterocycles. The standard InChI is InChI=1S/C17H20N2O/c1-3-5-13-8-10-14(11-9-13)19-17(20)16-12(2)6-4-7-15(16)18/h4,6-11H,3,5,18H2,1-2H3,(H,19,20). The molecule has 0 aliphatic heterocycles. The van der Waals surface area contributed by atoms with Crippen LogP contribution in [-0.4, -0.2) is 5.91 Å². The average Bonchev–Trinajstić information content (AvgIpc) is 2.41. The third-order valence-corrected chi connectivity index (χ3v) is 3.28. The maximum absolute atomic E-state index is 12.3. The lowest BCUT2D eigenvalue weighted by Gasteiger charge is -2.10. The van der Waals surface area contributed by atoms with Gasteiger partial charge in [0, 0.05) is 11.4 Å². The minimum absolute atomic E-state index is 0.163. The van der Waals surface area contributed by atoms with Crippen molar-refractivity contribution in [1.82, 2.24) is 0 Å². The van der Waals surface area contributed by atoms with Gasteiger partial charge in [0.15, 0.2) is 0 Å². The van der Waals surface area contributed by atoms with E-state index in [4.69, 9.17) is 5.73 Å². The van der Waals surface area contributed by atoms with Crippen LogP contribution in [0.15, 0.2) is 42.5 Å². The molecule has 0 aliphatic carbocycles. The number of nitrogen functional groups attached to an aromatic ring is 1. The van der Waals surface area contributed by atoms with Gasteiger partial charge in [-0.15, -0.1) is 0 Å². The van der Waals surface area contributed by atoms with E-state index < -0.39 is 0 Å². The highest BCUT2D eigenvalue weighted by molar-refractivity contribution is 6.08. The average molecular weight is 268 g/mol. The maximum Gasteiger partial charge on any atom is 0.258 e. The van der Waals surface area contributed by atoms with Crippen LogP contribution in [0.25, 0.3) is 0 Å². The largest absolute Gasteiger partial charge is 0.398 e. The van der Waals surface area contributed by atoms with Crippen LogP contribution in [0.4, 0.5) is 11.4 Å². The summed E-state index contributed by atoms with van der Waals surface area (Å²) >= 11 is 0. The summed E-state index contributed by atoms with van der Waals surface area (Å²) < 4.78 is 0. The zero-order valence-corrected chi connectivity index (χ0v) is 11.9. The van der Waals surface area contributed by atoms with Gasteiger partial charge in [0.1, 0.15) is 0 Å². The second-order valence-electron chi connectivity index (χ2n) is 4.94. The molecule has 3 heteroatoms. The van der Waals surface area contributed by atoms with E-state index in [1.807, 2.05) is 43.3 Å². The number of nitrogens with two attached hydrogens (primary N) is 1. The van der Waals surface area contributed by atoms with E-state index in [1.54, 1.807) is 6.07 Å². The monoisotopic (exact) mass is 268 g/mol. The van der Waals surface area contributed by atoms with Crippen molar-refractivity contribution in [3.63, 3.8) is 0 Å². The van der Waals surface area contributed by atoms with Gasteiger partial charge in [-0.2, -0.15) is 0 Å². The third kappa shape index (κ3) is 3.18. The Morgan fingerprint density at radius 1 is 1.15 bits per heavy atom. The van der Waals surface area contributed by atoms with Crippen molar-refractivity contribution >= 4 is 17.3 Å². The van der Waals surface area contributed by atoms with Crippen molar-refractivity contribution in [2.45, 2.75) is 26.7 Å². The van der Waals surface area contributed by atoms with E-state index in [-0.39, 0.29) is 5.91 Å². The Bertz CT molecular complexity index is 583. The second kappa shape index (κ2) is 6.24. The first-order chi connectivity index (χ1) is 9.61. The number of amides is 1. The Labute approximate surface area is 119 Å². The first kappa shape index (κ1) is 14.1. The maximum atomic E-state index is 12.3. The van der Waals surface area contributed by atoms with Gasteiger partial charge in [-0.3, -0.25) is 4.79 Å². The summed E-state index contributed by atoms with van der Waals surface area (Å²) in [5.41, 5.74) is 9.88. The number of hydrogen-bond donors (Lipinski definition) is 2. The normalized spacial score (nSPS) is 10.3. The molecule has 3 N–H and O–H groups in total. The first-order valence-electron chi connectivity index (χ1n) is 6.87. The van der Waals surface area contributed by atoms with Gasteiger partial charge in [-0.25, -0.2) is 0 Å². The molecule has 0 heterocycles. The fourth-order valence-electron chi connectivity index (χ4n) is 2.24. The third-order valence-electron chi connectivity index (χ3n) is 3.28. The van der Waals surface area contributed by atoms with Crippen molar-refractivity contribution in [2.24, 2.45) is 0 Å². The highest BCUT2D eigenvalue weighted by atomic mass is 16.1. The molecule has 0 saturated carbocycles. The second-order valence-corrected chi connectivity index (χ2v) is 4.94. The molecule has 0 radical (unpaired) electrons. The lowest BCUT2D eigenvalue weighted by atomic mass is 10.1. The van der Waals surface area contributed by atoms with Gasteiger partial charge in [0.25, 0.3) is 5.91 Å². The summed E-state index contributed by atoms with van der Waals surface area (Å²) in [6.45, 7) is 4.03. The van der Waals surface area contributed by atoms with Gasteiger partial charge in [0.05, 0.1) is 5.56 Å². The molecule has 3 nitrogen and oxygen atoms in total. The predicted molar refractivity (Wildman–Crippen MR) is 84.0 cm³/mol. The van der Waals surface area contributed by atoms with Gasteiger partial charge in [-0.05, 0) is 42.7 Å². The molecular formula is C17H20N2O. The Kier molecular flexibility index (Phi) is 4.41. The summed E-state index contributed by atoms with van der Waals surface area (Å²) in [5, 5.41) is 2.89. The molecule has 0 aliphatic rings. The molecule has 0 saturated heterocycles. The fraction of sp³-hybridized carbons (Fsp3) is 0.235. The van der Waals surface area contributed by atoms with Crippen molar-refractivity contribution < 1.29 is 4.79 Å². The summed E-state index contributed by atoms with van der Waals surface area (Å²) in [5.74, 6) is -0.163. The number of carbonyl (C=O) groups excluding carboxylic acids is 1. The molecule has 20 heavy (non-hydrogen) atoms. The van der Waals surface area contributed by atoms with Crippen molar-refractivity contribution in [2.75, 3.05) is 11.1 Å². The Morgan fingerprint density at radius 3 is 2.45 bits per heavy atom. The minimum Gasteiger partial charge on any atom is -0.398 e. The molecule has 0 bridgehead atoms. The summed E-state index contributed by atoms with van der Waals surface area (Å²) in [4.78, 5) is 12.3. The molecule has 2 aromatic carbocycles. The molecule has 0 fully saturated rings. The molecule has 104 valence electrons. The molecule has 0 atom stereocenters. The smallest absolute Gasteiger partial charge is 0.258 e. The number of rotatable bonds is 4. The fourth-order valence-corrected chi connectivity index (χ4v) is 2.24. The molecular weight excluding hydrogens is 248 g/mol. The molecule has 2 rings (SSSR count). The molecule has 1 amide bonds. The number of hydrogen-bond acceptors (Lipinski definition) is 2. The zero-order chi connectivity index (χ0) is 14.5. The van der Waals surface area contributed by atoms with Crippen molar-refractivity contribution in [1.29, 1.82) is 0 Å². The molecule has 0 unspecified atom stereocenters. The van der Waals surface area contributed by atoms with Gasteiger partial charge < -0.3 is 11.1 Å². The number of aryl methyl sites for hydroxylation is 2. The lowest BCUT2D eigenvalue weighted by molar-refractivity contribution is 0.102. The van der Waals surface area contributed by atoms with Crippen LogP contribution < -0.4 is 11.1 Å². The van der Waals surface area contributed by atoms with Crippen LogP contribution in [0.1, 0.15) is 34.8 Å². The van der Waals surface area contributed by atoms with Crippen molar-refractivity contribution in [3.8, 4) is 0 Å². The van der Waals surface area contributed by atoms with Crippen LogP contribution >= 0.6 is 0 Å². The number of anilines is 2. The van der Waals surface area contributed by atoms with Gasteiger partial charge >= 0.3 is 0 Å². The van der Waals surface area contributed by atoms with E-state index in [0.29, 0.717) is 11.3 Å². The lowest BCUT2D eigenvalue weighted by Crippen LogP contribution is -2.15. The topological polar surface area (TPSA) is 55.1 Å².